The monoisotopic (exact) mass is 307 g/mol. The Morgan fingerprint density at radius 2 is 2.22 bits per heavy atom. The third kappa shape index (κ3) is 2.67. The Labute approximate surface area is 114 Å². The highest BCUT2D eigenvalue weighted by atomic mass is 79.9. The van der Waals surface area contributed by atoms with E-state index in [9.17, 15) is 4.79 Å². The predicted octanol–water partition coefficient (Wildman–Crippen LogP) is 3.05. The molecule has 0 spiro atoms. The number of nitrogens with zero attached hydrogens (tertiary/aromatic N) is 3. The summed E-state index contributed by atoms with van der Waals surface area (Å²) in [4.78, 5) is 16.3. The van der Waals surface area contributed by atoms with Crippen molar-refractivity contribution in [1.29, 1.82) is 0 Å². The van der Waals surface area contributed by atoms with Crippen LogP contribution in [0, 0.1) is 0 Å². The van der Waals surface area contributed by atoms with Crippen LogP contribution in [0.3, 0.4) is 0 Å². The lowest BCUT2D eigenvalue weighted by atomic mass is 10.1. The second-order valence-electron chi connectivity index (χ2n) is 4.34. The minimum Gasteiger partial charge on any atom is -0.292 e. The quantitative estimate of drug-likeness (QED) is 0.816. The molecule has 2 aromatic rings. The van der Waals surface area contributed by atoms with Gasteiger partial charge in [-0.2, -0.15) is 5.10 Å². The first-order valence-corrected chi connectivity index (χ1v) is 6.54. The van der Waals surface area contributed by atoms with Crippen LogP contribution in [-0.2, 0) is 6.42 Å². The van der Waals surface area contributed by atoms with E-state index in [1.54, 1.807) is 23.3 Å². The van der Waals surface area contributed by atoms with Crippen LogP contribution >= 0.6 is 15.9 Å². The fourth-order valence-corrected chi connectivity index (χ4v) is 2.26. The van der Waals surface area contributed by atoms with Gasteiger partial charge in [0.25, 0.3) is 0 Å². The molecular formula is C13H14BrN3O. The van der Waals surface area contributed by atoms with Crippen LogP contribution in [0.1, 0.15) is 35.9 Å². The minimum absolute atomic E-state index is 0.0427. The number of hydrogen-bond donors (Lipinski definition) is 0. The van der Waals surface area contributed by atoms with Crippen molar-refractivity contribution < 1.29 is 4.79 Å². The number of carbonyl (C=O) groups excluding carboxylic acids is 1. The maximum atomic E-state index is 12.3. The summed E-state index contributed by atoms with van der Waals surface area (Å²) in [7, 11) is 0. The maximum absolute atomic E-state index is 12.3. The Morgan fingerprint density at radius 3 is 2.83 bits per heavy atom. The van der Waals surface area contributed by atoms with Gasteiger partial charge in [-0.3, -0.25) is 14.5 Å². The van der Waals surface area contributed by atoms with Crippen molar-refractivity contribution in [2.24, 2.45) is 0 Å². The Hall–Kier alpha value is -1.49. The second kappa shape index (κ2) is 5.44. The Kier molecular flexibility index (Phi) is 3.91. The number of ketones is 1. The normalized spacial score (nSPS) is 10.9. The van der Waals surface area contributed by atoms with E-state index in [0.717, 1.165) is 10.0 Å². The molecule has 0 radical (unpaired) electrons. The first-order chi connectivity index (χ1) is 8.59. The molecule has 0 N–H and O–H groups in total. The lowest BCUT2D eigenvalue weighted by molar-refractivity contribution is 0.0980. The maximum Gasteiger partial charge on any atom is 0.186 e. The van der Waals surface area contributed by atoms with Gasteiger partial charge in [0, 0.05) is 24.9 Å². The first-order valence-electron chi connectivity index (χ1n) is 5.74. The van der Waals surface area contributed by atoms with Gasteiger partial charge in [0.15, 0.2) is 5.78 Å². The third-order valence-electron chi connectivity index (χ3n) is 2.59. The van der Waals surface area contributed by atoms with Crippen LogP contribution in [0.5, 0.6) is 0 Å². The molecule has 0 saturated heterocycles. The fraction of sp³-hybridized carbons (Fsp3) is 0.308. The molecule has 18 heavy (non-hydrogen) atoms. The molecule has 4 nitrogen and oxygen atoms in total. The molecule has 5 heteroatoms. The van der Waals surface area contributed by atoms with Crippen molar-refractivity contribution >= 4 is 21.7 Å². The summed E-state index contributed by atoms with van der Waals surface area (Å²) in [5.74, 6) is 0.0427. The van der Waals surface area contributed by atoms with Gasteiger partial charge in [0.1, 0.15) is 5.69 Å². The average molecular weight is 308 g/mol. The predicted molar refractivity (Wildman–Crippen MR) is 72.6 cm³/mol. The van der Waals surface area contributed by atoms with Crippen molar-refractivity contribution in [2.75, 3.05) is 0 Å². The molecule has 0 atom stereocenters. The van der Waals surface area contributed by atoms with Crippen molar-refractivity contribution in [3.8, 4) is 0 Å². The number of aromatic nitrogens is 3. The average Bonchev–Trinajstić information content (AvgIpc) is 2.72. The van der Waals surface area contributed by atoms with E-state index in [4.69, 9.17) is 0 Å². The van der Waals surface area contributed by atoms with E-state index < -0.39 is 0 Å². The number of hydrogen-bond acceptors (Lipinski definition) is 3. The van der Waals surface area contributed by atoms with Crippen LogP contribution in [0.15, 0.2) is 35.2 Å². The SMILES string of the molecule is CC(C)n1ncc(Br)c1C(=O)Cc1cccnc1. The van der Waals surface area contributed by atoms with Gasteiger partial charge in [-0.1, -0.05) is 6.07 Å². The molecule has 2 rings (SSSR count). The molecular weight excluding hydrogens is 294 g/mol. The topological polar surface area (TPSA) is 47.8 Å². The highest BCUT2D eigenvalue weighted by Crippen LogP contribution is 2.21. The number of carbonyl (C=O) groups is 1. The zero-order valence-electron chi connectivity index (χ0n) is 10.3. The van der Waals surface area contributed by atoms with Gasteiger partial charge < -0.3 is 0 Å². The van der Waals surface area contributed by atoms with Gasteiger partial charge in [-0.05, 0) is 41.4 Å². The summed E-state index contributed by atoms with van der Waals surface area (Å²) in [6, 6.07) is 3.89. The van der Waals surface area contributed by atoms with E-state index >= 15 is 0 Å². The molecule has 0 aliphatic rings. The van der Waals surface area contributed by atoms with Gasteiger partial charge in [-0.15, -0.1) is 0 Å². The van der Waals surface area contributed by atoms with Crippen LogP contribution in [0.4, 0.5) is 0 Å². The molecule has 0 saturated carbocycles. The lowest BCUT2D eigenvalue weighted by Crippen LogP contribution is -2.14. The molecule has 0 bridgehead atoms. The summed E-state index contributed by atoms with van der Waals surface area (Å²) in [6.07, 6.45) is 5.41. The van der Waals surface area contributed by atoms with Crippen LogP contribution in [0.25, 0.3) is 0 Å². The minimum atomic E-state index is 0.0427. The van der Waals surface area contributed by atoms with Crippen molar-refractivity contribution in [2.45, 2.75) is 26.3 Å². The van der Waals surface area contributed by atoms with E-state index in [2.05, 4.69) is 26.0 Å². The molecule has 2 heterocycles. The van der Waals surface area contributed by atoms with E-state index in [-0.39, 0.29) is 11.8 Å². The van der Waals surface area contributed by atoms with Crippen LogP contribution in [0.2, 0.25) is 0 Å². The summed E-state index contributed by atoms with van der Waals surface area (Å²) < 4.78 is 2.48. The fourth-order valence-electron chi connectivity index (χ4n) is 1.77. The second-order valence-corrected chi connectivity index (χ2v) is 5.19. The smallest absolute Gasteiger partial charge is 0.186 e. The van der Waals surface area contributed by atoms with E-state index in [1.165, 1.54) is 0 Å². The largest absolute Gasteiger partial charge is 0.292 e. The highest BCUT2D eigenvalue weighted by molar-refractivity contribution is 9.10. The highest BCUT2D eigenvalue weighted by Gasteiger charge is 2.18. The van der Waals surface area contributed by atoms with Crippen LogP contribution in [-0.4, -0.2) is 20.5 Å². The third-order valence-corrected chi connectivity index (χ3v) is 3.17. The summed E-state index contributed by atoms with van der Waals surface area (Å²) in [5.41, 5.74) is 1.53. The summed E-state index contributed by atoms with van der Waals surface area (Å²) in [6.45, 7) is 4.00. The molecule has 0 aromatic carbocycles. The Morgan fingerprint density at radius 1 is 1.44 bits per heavy atom. The molecule has 0 aliphatic carbocycles. The zero-order chi connectivity index (χ0) is 13.1. The standard InChI is InChI=1S/C13H14BrN3O/c1-9(2)17-13(11(14)8-16-17)12(18)6-10-4-3-5-15-7-10/h3-5,7-9H,6H2,1-2H3. The van der Waals surface area contributed by atoms with Crippen molar-refractivity contribution in [3.63, 3.8) is 0 Å². The van der Waals surface area contributed by atoms with E-state index in [1.807, 2.05) is 26.0 Å². The number of rotatable bonds is 4. The molecule has 0 amide bonds. The van der Waals surface area contributed by atoms with Gasteiger partial charge in [-0.25, -0.2) is 0 Å². The molecule has 0 unspecified atom stereocenters. The van der Waals surface area contributed by atoms with Crippen molar-refractivity contribution in [1.82, 2.24) is 14.8 Å². The molecule has 0 aliphatic heterocycles. The number of halogens is 1. The Bertz CT molecular complexity index is 549. The summed E-state index contributed by atoms with van der Waals surface area (Å²) in [5, 5.41) is 4.21. The lowest BCUT2D eigenvalue weighted by Gasteiger charge is -2.10. The van der Waals surface area contributed by atoms with Gasteiger partial charge >= 0.3 is 0 Å². The molecule has 0 fully saturated rings. The van der Waals surface area contributed by atoms with Crippen LogP contribution < -0.4 is 0 Å². The first kappa shape index (κ1) is 13.0. The van der Waals surface area contributed by atoms with Crippen molar-refractivity contribution in [3.05, 3.63) is 46.5 Å². The Balaban J connectivity index is 2.27. The summed E-state index contributed by atoms with van der Waals surface area (Å²) >= 11 is 3.38. The van der Waals surface area contributed by atoms with E-state index in [0.29, 0.717) is 12.1 Å². The molecule has 2 aromatic heterocycles. The number of Topliss-reactive ketones (excluding diaryl/α,β-unsaturated/α-hetero) is 1. The molecule has 94 valence electrons. The zero-order valence-corrected chi connectivity index (χ0v) is 11.9. The van der Waals surface area contributed by atoms with Gasteiger partial charge in [0.05, 0.1) is 10.7 Å². The van der Waals surface area contributed by atoms with Gasteiger partial charge in [0.2, 0.25) is 0 Å². The number of pyridine rings is 1.